The lowest BCUT2D eigenvalue weighted by Gasteiger charge is -2.21. The van der Waals surface area contributed by atoms with Gasteiger partial charge in [-0.15, -0.1) is 0 Å². The van der Waals surface area contributed by atoms with Crippen molar-refractivity contribution in [1.29, 1.82) is 0 Å². The molecule has 0 bridgehead atoms. The van der Waals surface area contributed by atoms with E-state index < -0.39 is 4.92 Å². The molecule has 23 heavy (non-hydrogen) atoms. The van der Waals surface area contributed by atoms with Crippen molar-refractivity contribution >= 4 is 17.3 Å². The van der Waals surface area contributed by atoms with Gasteiger partial charge in [0.2, 0.25) is 0 Å². The van der Waals surface area contributed by atoms with Gasteiger partial charge in [-0.2, -0.15) is 0 Å². The molecule has 0 spiro atoms. The summed E-state index contributed by atoms with van der Waals surface area (Å²) in [4.78, 5) is 17.1. The van der Waals surface area contributed by atoms with Crippen LogP contribution in [0.15, 0.2) is 29.3 Å². The molecule has 1 aliphatic heterocycles. The van der Waals surface area contributed by atoms with Crippen LogP contribution in [0.5, 0.6) is 0 Å². The molecule has 1 saturated heterocycles. The molecule has 0 unspecified atom stereocenters. The Labute approximate surface area is 135 Å². The maximum atomic E-state index is 11.0. The lowest BCUT2D eigenvalue weighted by molar-refractivity contribution is -0.384. The van der Waals surface area contributed by atoms with Crippen LogP contribution in [0.2, 0.25) is 0 Å². The molecule has 0 amide bonds. The zero-order valence-electron chi connectivity index (χ0n) is 13.2. The Morgan fingerprint density at radius 2 is 2.30 bits per heavy atom. The van der Waals surface area contributed by atoms with Crippen molar-refractivity contribution in [3.05, 3.63) is 34.4 Å². The number of hydrogen-bond acceptors (Lipinski definition) is 5. The van der Waals surface area contributed by atoms with Gasteiger partial charge in [-0.3, -0.25) is 15.1 Å². The molecule has 8 nitrogen and oxygen atoms in total. The second kappa shape index (κ2) is 8.33. The summed E-state index contributed by atoms with van der Waals surface area (Å²) >= 11 is 0. The van der Waals surface area contributed by atoms with Crippen LogP contribution in [-0.2, 0) is 0 Å². The van der Waals surface area contributed by atoms with E-state index in [1.165, 1.54) is 6.07 Å². The van der Waals surface area contributed by atoms with E-state index in [2.05, 4.69) is 15.6 Å². The summed E-state index contributed by atoms with van der Waals surface area (Å²) in [6, 6.07) is 6.56. The fraction of sp³-hybridized carbons (Fsp3) is 0.533. The van der Waals surface area contributed by atoms with E-state index in [9.17, 15) is 15.2 Å². The van der Waals surface area contributed by atoms with Crippen molar-refractivity contribution in [3.63, 3.8) is 0 Å². The van der Waals surface area contributed by atoms with Crippen LogP contribution in [0.25, 0.3) is 0 Å². The lowest BCUT2D eigenvalue weighted by Crippen LogP contribution is -2.40. The number of nitro benzene ring substituents is 1. The molecular formula is C15H23N5O3. The number of nitrogens with zero attached hydrogens (tertiary/aromatic N) is 3. The van der Waals surface area contributed by atoms with E-state index in [4.69, 9.17) is 0 Å². The summed E-state index contributed by atoms with van der Waals surface area (Å²) < 4.78 is 0. The summed E-state index contributed by atoms with van der Waals surface area (Å²) in [5, 5.41) is 26.8. The van der Waals surface area contributed by atoms with Crippen molar-refractivity contribution < 1.29 is 10.0 Å². The summed E-state index contributed by atoms with van der Waals surface area (Å²) in [6.45, 7) is 5.10. The molecule has 1 aromatic rings. The maximum Gasteiger partial charge on any atom is 0.292 e. The Morgan fingerprint density at radius 1 is 1.52 bits per heavy atom. The van der Waals surface area contributed by atoms with E-state index in [0.29, 0.717) is 25.3 Å². The highest BCUT2D eigenvalue weighted by molar-refractivity contribution is 5.80. The fourth-order valence-electron chi connectivity index (χ4n) is 2.49. The Morgan fingerprint density at radius 3 is 2.96 bits per heavy atom. The summed E-state index contributed by atoms with van der Waals surface area (Å²) in [7, 11) is 0. The smallest absolute Gasteiger partial charge is 0.292 e. The van der Waals surface area contributed by atoms with Crippen LogP contribution >= 0.6 is 0 Å². The Balaban J connectivity index is 1.90. The van der Waals surface area contributed by atoms with Gasteiger partial charge in [0, 0.05) is 32.2 Å². The summed E-state index contributed by atoms with van der Waals surface area (Å²) in [5.74, 6) is 0.772. The first-order chi connectivity index (χ1) is 11.1. The van der Waals surface area contributed by atoms with Gasteiger partial charge in [0.05, 0.1) is 17.6 Å². The number of likely N-dealkylation sites (tertiary alicyclic amines) is 1. The third kappa shape index (κ3) is 4.82. The average molecular weight is 321 g/mol. The summed E-state index contributed by atoms with van der Waals surface area (Å²) in [6.07, 6.45) is 0.447. The molecular weight excluding hydrogens is 298 g/mol. The molecule has 2 rings (SSSR count). The topological polar surface area (TPSA) is 103 Å². The number of rotatable bonds is 6. The number of nitro groups is 1. The van der Waals surface area contributed by atoms with Crippen molar-refractivity contribution in [1.82, 2.24) is 10.2 Å². The SMILES string of the molecule is CCNC(=NCCNc1ccccc1[N+](=O)[O-])N1CC[C@@H](O)C1. The third-order valence-corrected chi connectivity index (χ3v) is 3.59. The Bertz CT molecular complexity index is 564. The standard InChI is InChI=1S/C15H23N5O3/c1-2-16-15(19-10-7-12(21)11-19)18-9-8-17-13-5-3-4-6-14(13)20(22)23/h3-6,12,17,21H,2,7-11H2,1H3,(H,16,18)/t12-/m1/s1. The highest BCUT2D eigenvalue weighted by Gasteiger charge is 2.22. The number of hydrogen-bond donors (Lipinski definition) is 3. The molecule has 0 aromatic heterocycles. The maximum absolute atomic E-state index is 11.0. The van der Waals surface area contributed by atoms with Gasteiger partial charge in [0.1, 0.15) is 5.69 Å². The number of benzene rings is 1. The van der Waals surface area contributed by atoms with Crippen LogP contribution in [0.4, 0.5) is 11.4 Å². The molecule has 1 atom stereocenters. The molecule has 126 valence electrons. The highest BCUT2D eigenvalue weighted by atomic mass is 16.6. The monoisotopic (exact) mass is 321 g/mol. The van der Waals surface area contributed by atoms with E-state index >= 15 is 0 Å². The van der Waals surface area contributed by atoms with Gasteiger partial charge in [0.25, 0.3) is 5.69 Å². The number of aliphatic hydroxyl groups excluding tert-OH is 1. The minimum Gasteiger partial charge on any atom is -0.391 e. The third-order valence-electron chi connectivity index (χ3n) is 3.59. The van der Waals surface area contributed by atoms with Gasteiger partial charge in [-0.25, -0.2) is 0 Å². The van der Waals surface area contributed by atoms with Crippen LogP contribution in [0, 0.1) is 10.1 Å². The van der Waals surface area contributed by atoms with Crippen molar-refractivity contribution in [3.8, 4) is 0 Å². The molecule has 1 aromatic carbocycles. The van der Waals surface area contributed by atoms with Crippen LogP contribution in [0.1, 0.15) is 13.3 Å². The lowest BCUT2D eigenvalue weighted by atomic mass is 10.2. The van der Waals surface area contributed by atoms with E-state index in [1.807, 2.05) is 11.8 Å². The number of para-hydroxylation sites is 2. The van der Waals surface area contributed by atoms with Gasteiger partial charge in [-0.1, -0.05) is 12.1 Å². The van der Waals surface area contributed by atoms with Gasteiger partial charge in [-0.05, 0) is 19.4 Å². The minimum absolute atomic E-state index is 0.0612. The highest BCUT2D eigenvalue weighted by Crippen LogP contribution is 2.22. The number of β-amino-alcohol motifs (C(OH)–C–C–N with tert-alkyl or cyclic N) is 1. The molecule has 1 fully saturated rings. The molecule has 8 heteroatoms. The zero-order valence-corrected chi connectivity index (χ0v) is 13.2. The molecule has 1 heterocycles. The van der Waals surface area contributed by atoms with Gasteiger partial charge >= 0.3 is 0 Å². The Kier molecular flexibility index (Phi) is 6.16. The number of guanidine groups is 1. The first kappa shape index (κ1) is 17.0. The van der Waals surface area contributed by atoms with E-state index in [1.54, 1.807) is 18.2 Å². The van der Waals surface area contributed by atoms with Gasteiger partial charge < -0.3 is 20.6 Å². The summed E-state index contributed by atoms with van der Waals surface area (Å²) in [5.41, 5.74) is 0.556. The van der Waals surface area contributed by atoms with E-state index in [0.717, 1.165) is 25.5 Å². The van der Waals surface area contributed by atoms with Crippen molar-refractivity contribution in [2.75, 3.05) is 38.0 Å². The predicted octanol–water partition coefficient (Wildman–Crippen LogP) is 1.04. The van der Waals surface area contributed by atoms with Crippen LogP contribution in [-0.4, -0.2) is 59.7 Å². The second-order valence-corrected chi connectivity index (χ2v) is 5.33. The zero-order chi connectivity index (χ0) is 16.7. The number of nitrogens with one attached hydrogen (secondary N) is 2. The number of anilines is 1. The van der Waals surface area contributed by atoms with Crippen molar-refractivity contribution in [2.45, 2.75) is 19.4 Å². The first-order valence-corrected chi connectivity index (χ1v) is 7.80. The van der Waals surface area contributed by atoms with Crippen molar-refractivity contribution in [2.24, 2.45) is 4.99 Å². The molecule has 0 saturated carbocycles. The fourth-order valence-corrected chi connectivity index (χ4v) is 2.49. The molecule has 3 N–H and O–H groups in total. The quantitative estimate of drug-likeness (QED) is 0.238. The van der Waals surface area contributed by atoms with Crippen LogP contribution in [0.3, 0.4) is 0 Å². The predicted molar refractivity (Wildman–Crippen MR) is 89.8 cm³/mol. The van der Waals surface area contributed by atoms with E-state index in [-0.39, 0.29) is 11.8 Å². The first-order valence-electron chi connectivity index (χ1n) is 7.80. The average Bonchev–Trinajstić information content (AvgIpc) is 2.97. The normalized spacial score (nSPS) is 18.1. The largest absolute Gasteiger partial charge is 0.391 e. The minimum atomic E-state index is -0.401. The second-order valence-electron chi connectivity index (χ2n) is 5.33. The molecule has 0 aliphatic carbocycles. The number of aliphatic hydroxyl groups is 1. The molecule has 1 aliphatic rings. The molecule has 0 radical (unpaired) electrons. The Hall–Kier alpha value is -2.35. The van der Waals surface area contributed by atoms with Crippen LogP contribution < -0.4 is 10.6 Å². The number of aliphatic imine (C=N–C) groups is 1. The van der Waals surface area contributed by atoms with Gasteiger partial charge in [0.15, 0.2) is 5.96 Å².